The number of hydrogen-bond acceptors (Lipinski definition) is 5. The number of fused-ring (bicyclic) bond motifs is 1. The van der Waals surface area contributed by atoms with Gasteiger partial charge in [-0.2, -0.15) is 13.2 Å². The van der Waals surface area contributed by atoms with Crippen LogP contribution in [0.25, 0.3) is 16.5 Å². The van der Waals surface area contributed by atoms with Gasteiger partial charge in [0.1, 0.15) is 15.8 Å². The second-order valence-corrected chi connectivity index (χ2v) is 12.0. The Morgan fingerprint density at radius 2 is 1.81 bits per heavy atom. The molecule has 0 aliphatic heterocycles. The summed E-state index contributed by atoms with van der Waals surface area (Å²) in [5, 5.41) is 0.592. The van der Waals surface area contributed by atoms with E-state index in [1.165, 1.54) is 24.3 Å². The summed E-state index contributed by atoms with van der Waals surface area (Å²) in [4.78, 5) is 25.3. The smallest absolute Gasteiger partial charge is 0.298 e. The van der Waals surface area contributed by atoms with Crippen molar-refractivity contribution in [3.63, 3.8) is 0 Å². The van der Waals surface area contributed by atoms with E-state index in [-0.39, 0.29) is 19.5 Å². The monoisotopic (exact) mass is 557 g/mol. The molecule has 36 heavy (non-hydrogen) atoms. The van der Waals surface area contributed by atoms with Crippen molar-refractivity contribution in [3.8, 4) is 5.69 Å². The maximum absolute atomic E-state index is 15.1. The largest absolute Gasteiger partial charge is 0.418 e. The molecule has 0 unspecified atom stereocenters. The average Bonchev–Trinajstić information content (AvgIpc) is 3.20. The predicted molar refractivity (Wildman–Crippen MR) is 129 cm³/mol. The van der Waals surface area contributed by atoms with Crippen LogP contribution < -0.4 is 5.56 Å². The van der Waals surface area contributed by atoms with Crippen LogP contribution in [0.1, 0.15) is 16.7 Å². The van der Waals surface area contributed by atoms with E-state index in [1.807, 2.05) is 0 Å². The summed E-state index contributed by atoms with van der Waals surface area (Å²) in [6.07, 6.45) is -4.78. The van der Waals surface area contributed by atoms with Gasteiger partial charge in [-0.05, 0) is 54.3 Å². The standard InChI is InChI=1S/C24H16ClF4NO4S2/c1-13-2-3-17-15(8-13)6-7-30(23(17)32)22-18(24(27,28)29)10-14(11-19(22)26)9-16(31)12-36(33,34)21-5-4-20(25)35-21/h2-8,10-11H,9,12H2,1H3. The first-order valence-corrected chi connectivity index (χ1v) is 13.1. The van der Waals surface area contributed by atoms with Crippen LogP contribution in [0.3, 0.4) is 0 Å². The van der Waals surface area contributed by atoms with Gasteiger partial charge in [-0.15, -0.1) is 11.3 Å². The number of carbonyl (C=O) groups is 1. The average molecular weight is 558 g/mol. The lowest BCUT2D eigenvalue weighted by Crippen LogP contribution is -2.23. The fraction of sp³-hybridized carbons (Fsp3) is 0.167. The number of benzene rings is 2. The van der Waals surface area contributed by atoms with Crippen LogP contribution in [-0.4, -0.2) is 24.5 Å². The van der Waals surface area contributed by atoms with Gasteiger partial charge >= 0.3 is 6.18 Å². The number of pyridine rings is 1. The molecule has 2 aromatic heterocycles. The van der Waals surface area contributed by atoms with Gasteiger partial charge in [0.15, 0.2) is 15.6 Å². The molecule has 188 valence electrons. The number of sulfone groups is 1. The van der Waals surface area contributed by atoms with Gasteiger partial charge in [-0.1, -0.05) is 29.3 Å². The van der Waals surface area contributed by atoms with Crippen molar-refractivity contribution < 1.29 is 30.8 Å². The molecular formula is C24H16ClF4NO4S2. The Hall–Kier alpha value is -3.02. The maximum Gasteiger partial charge on any atom is 0.418 e. The third-order valence-corrected chi connectivity index (χ3v) is 8.83. The highest BCUT2D eigenvalue weighted by Gasteiger charge is 2.37. The molecule has 0 aliphatic rings. The highest BCUT2D eigenvalue weighted by atomic mass is 35.5. The van der Waals surface area contributed by atoms with E-state index >= 15 is 4.39 Å². The van der Waals surface area contributed by atoms with Crippen LogP contribution in [0.15, 0.2) is 63.7 Å². The Bertz CT molecular complexity index is 1670. The Morgan fingerprint density at radius 3 is 2.44 bits per heavy atom. The zero-order valence-corrected chi connectivity index (χ0v) is 20.8. The van der Waals surface area contributed by atoms with Crippen molar-refractivity contribution in [2.75, 3.05) is 5.75 Å². The molecule has 0 saturated carbocycles. The van der Waals surface area contributed by atoms with Crippen molar-refractivity contribution in [1.82, 2.24) is 4.57 Å². The number of carbonyl (C=O) groups excluding carboxylic acids is 1. The first kappa shape index (κ1) is 26.1. The molecule has 2 aromatic carbocycles. The summed E-state index contributed by atoms with van der Waals surface area (Å²) in [6.45, 7) is 1.78. The molecule has 4 aromatic rings. The third kappa shape index (κ3) is 5.23. The SMILES string of the molecule is Cc1ccc2c(=O)n(-c3c(F)cc(CC(=O)CS(=O)(=O)c4ccc(Cl)s4)cc3C(F)(F)F)ccc2c1. The Kier molecular flexibility index (Phi) is 6.84. The number of halogens is 5. The first-order valence-electron chi connectivity index (χ1n) is 10.3. The van der Waals surface area contributed by atoms with Crippen LogP contribution in [0.2, 0.25) is 4.34 Å². The molecule has 0 saturated heterocycles. The molecule has 4 rings (SSSR count). The van der Waals surface area contributed by atoms with Crippen molar-refractivity contribution in [3.05, 3.63) is 91.9 Å². The van der Waals surface area contributed by atoms with E-state index in [9.17, 15) is 31.2 Å². The van der Waals surface area contributed by atoms with Crippen LogP contribution in [0.4, 0.5) is 17.6 Å². The normalized spacial score (nSPS) is 12.3. The number of aryl methyl sites for hydroxylation is 1. The van der Waals surface area contributed by atoms with E-state index in [2.05, 4.69) is 0 Å². The second kappa shape index (κ2) is 9.45. The maximum atomic E-state index is 15.1. The van der Waals surface area contributed by atoms with E-state index in [4.69, 9.17) is 11.6 Å². The van der Waals surface area contributed by atoms with E-state index in [0.717, 1.165) is 23.1 Å². The summed E-state index contributed by atoms with van der Waals surface area (Å²) in [7, 11) is -4.06. The highest BCUT2D eigenvalue weighted by molar-refractivity contribution is 7.94. The summed E-state index contributed by atoms with van der Waals surface area (Å²) in [5.74, 6) is -3.30. The molecule has 0 bridgehead atoms. The van der Waals surface area contributed by atoms with E-state index < -0.39 is 56.6 Å². The van der Waals surface area contributed by atoms with Gasteiger partial charge in [0.25, 0.3) is 5.56 Å². The third-order valence-electron chi connectivity index (χ3n) is 5.34. The van der Waals surface area contributed by atoms with Crippen LogP contribution in [0.5, 0.6) is 0 Å². The Balaban J connectivity index is 1.74. The summed E-state index contributed by atoms with van der Waals surface area (Å²) < 4.78 is 82.3. The summed E-state index contributed by atoms with van der Waals surface area (Å²) >= 11 is 6.46. The molecule has 0 spiro atoms. The van der Waals surface area contributed by atoms with Gasteiger partial charge in [0, 0.05) is 18.0 Å². The van der Waals surface area contributed by atoms with Crippen LogP contribution in [-0.2, 0) is 27.2 Å². The highest BCUT2D eigenvalue weighted by Crippen LogP contribution is 2.36. The predicted octanol–water partition coefficient (Wildman–Crippen LogP) is 5.76. The lowest BCUT2D eigenvalue weighted by Gasteiger charge is -2.17. The summed E-state index contributed by atoms with van der Waals surface area (Å²) in [6, 6.07) is 9.94. The minimum Gasteiger partial charge on any atom is -0.298 e. The number of ketones is 1. The Morgan fingerprint density at radius 1 is 1.08 bits per heavy atom. The van der Waals surface area contributed by atoms with Crippen LogP contribution >= 0.6 is 22.9 Å². The van der Waals surface area contributed by atoms with Crippen molar-refractivity contribution in [2.45, 2.75) is 23.7 Å². The molecule has 0 aliphatic carbocycles. The molecule has 0 fully saturated rings. The lowest BCUT2D eigenvalue weighted by atomic mass is 10.0. The van der Waals surface area contributed by atoms with Crippen molar-refractivity contribution in [2.24, 2.45) is 0 Å². The second-order valence-electron chi connectivity index (χ2n) is 8.09. The Labute approximate surface area is 211 Å². The van der Waals surface area contributed by atoms with Gasteiger partial charge in [0.2, 0.25) is 0 Å². The number of aromatic nitrogens is 1. The molecule has 0 atom stereocenters. The number of thiophene rings is 1. The van der Waals surface area contributed by atoms with E-state index in [1.54, 1.807) is 19.1 Å². The first-order chi connectivity index (χ1) is 16.8. The van der Waals surface area contributed by atoms with Crippen molar-refractivity contribution in [1.29, 1.82) is 0 Å². The number of alkyl halides is 3. The quantitative estimate of drug-likeness (QED) is 0.283. The molecule has 0 amide bonds. The lowest BCUT2D eigenvalue weighted by molar-refractivity contribution is -0.137. The minimum atomic E-state index is -5.07. The molecule has 12 heteroatoms. The molecule has 0 radical (unpaired) electrons. The number of nitrogens with zero attached hydrogens (tertiary/aromatic N) is 1. The van der Waals surface area contributed by atoms with Gasteiger partial charge in [-0.3, -0.25) is 14.2 Å². The molecular weight excluding hydrogens is 542 g/mol. The van der Waals surface area contributed by atoms with Crippen LogP contribution in [0, 0.1) is 12.7 Å². The molecule has 2 heterocycles. The van der Waals surface area contributed by atoms with Crippen molar-refractivity contribution >= 4 is 49.3 Å². The van der Waals surface area contributed by atoms with Gasteiger partial charge in [0.05, 0.1) is 15.6 Å². The van der Waals surface area contributed by atoms with Gasteiger partial charge in [-0.25, -0.2) is 12.8 Å². The fourth-order valence-corrected chi connectivity index (χ4v) is 6.60. The molecule has 0 N–H and O–H groups in total. The fourth-order valence-electron chi connectivity index (χ4n) is 3.79. The zero-order chi connectivity index (χ0) is 26.4. The topological polar surface area (TPSA) is 73.2 Å². The number of rotatable bonds is 6. The van der Waals surface area contributed by atoms with Gasteiger partial charge < -0.3 is 0 Å². The number of Topliss-reactive ketones (excluding diaryl/α,β-unsaturated/α-hetero) is 1. The van der Waals surface area contributed by atoms with E-state index in [0.29, 0.717) is 22.1 Å². The molecule has 5 nitrogen and oxygen atoms in total. The number of hydrogen-bond donors (Lipinski definition) is 0. The minimum absolute atomic E-state index is 0.105. The summed E-state index contributed by atoms with van der Waals surface area (Å²) in [5.41, 5.74) is -2.86. The zero-order valence-electron chi connectivity index (χ0n) is 18.4.